The van der Waals surface area contributed by atoms with Gasteiger partial charge in [0.2, 0.25) is 0 Å². The van der Waals surface area contributed by atoms with Crippen LogP contribution < -0.4 is 9.47 Å². The first-order valence-corrected chi connectivity index (χ1v) is 8.00. The van der Waals surface area contributed by atoms with Crippen LogP contribution in [0.5, 0.6) is 17.2 Å². The molecule has 0 saturated heterocycles. The molecule has 27 heavy (non-hydrogen) atoms. The van der Waals surface area contributed by atoms with Crippen LogP contribution in [-0.4, -0.2) is 17.6 Å². The first-order valence-electron chi connectivity index (χ1n) is 8.00. The van der Waals surface area contributed by atoms with Crippen LogP contribution in [0.2, 0.25) is 0 Å². The smallest absolute Gasteiger partial charge is 0.387 e. The Morgan fingerprint density at radius 2 is 1.70 bits per heavy atom. The normalized spacial score (nSPS) is 10.5. The van der Waals surface area contributed by atoms with E-state index in [1.807, 2.05) is 0 Å². The predicted octanol–water partition coefficient (Wildman–Crippen LogP) is 4.83. The number of carbonyl (C=O) groups excluding carboxylic acids is 1. The highest BCUT2D eigenvalue weighted by Gasteiger charge is 2.17. The van der Waals surface area contributed by atoms with Gasteiger partial charge in [0.25, 0.3) is 0 Å². The highest BCUT2D eigenvalue weighted by atomic mass is 19.3. The van der Waals surface area contributed by atoms with Crippen molar-refractivity contribution in [2.75, 3.05) is 0 Å². The molecule has 0 N–H and O–H groups in total. The topological polar surface area (TPSA) is 57.7 Å². The zero-order valence-electron chi connectivity index (χ0n) is 14.0. The minimum absolute atomic E-state index is 0.0801. The van der Waals surface area contributed by atoms with Crippen molar-refractivity contribution in [3.05, 3.63) is 84.2 Å². The van der Waals surface area contributed by atoms with E-state index >= 15 is 0 Å². The van der Waals surface area contributed by atoms with Gasteiger partial charge in [-0.3, -0.25) is 4.98 Å². The van der Waals surface area contributed by atoms with Gasteiger partial charge in [0, 0.05) is 11.8 Å². The fourth-order valence-corrected chi connectivity index (χ4v) is 2.31. The average molecular weight is 371 g/mol. The zero-order valence-corrected chi connectivity index (χ0v) is 14.0. The van der Waals surface area contributed by atoms with E-state index in [4.69, 9.17) is 9.47 Å². The first kappa shape index (κ1) is 18.3. The van der Waals surface area contributed by atoms with Gasteiger partial charge in [0.15, 0.2) is 0 Å². The summed E-state index contributed by atoms with van der Waals surface area (Å²) in [6.07, 6.45) is 3.18. The van der Waals surface area contributed by atoms with Crippen molar-refractivity contribution in [2.24, 2.45) is 0 Å². The predicted molar refractivity (Wildman–Crippen MR) is 92.9 cm³/mol. The Balaban J connectivity index is 1.71. The third-order valence-corrected chi connectivity index (χ3v) is 3.52. The minimum Gasteiger partial charge on any atom is -0.457 e. The fraction of sp³-hybridized carbons (Fsp3) is 0.100. The molecule has 0 spiro atoms. The number of nitrogens with zero attached hydrogens (tertiary/aromatic N) is 1. The molecule has 3 aromatic rings. The number of carbonyl (C=O) groups is 1. The number of hydrogen-bond acceptors (Lipinski definition) is 5. The molecule has 0 aliphatic rings. The quantitative estimate of drug-likeness (QED) is 0.557. The molecule has 1 heterocycles. The molecule has 0 atom stereocenters. The molecule has 0 aliphatic heterocycles. The number of hydrogen-bond donors (Lipinski definition) is 0. The first-order chi connectivity index (χ1) is 13.1. The van der Waals surface area contributed by atoms with Crippen molar-refractivity contribution in [1.29, 1.82) is 0 Å². The summed E-state index contributed by atoms with van der Waals surface area (Å²) in [6.45, 7) is -3.13. The average Bonchev–Trinajstić information content (AvgIpc) is 2.68. The molecule has 5 nitrogen and oxygen atoms in total. The number of halogens is 2. The van der Waals surface area contributed by atoms with E-state index in [9.17, 15) is 13.6 Å². The summed E-state index contributed by atoms with van der Waals surface area (Å²) in [5, 5.41) is 0. The van der Waals surface area contributed by atoms with E-state index < -0.39 is 12.6 Å². The molecule has 7 heteroatoms. The molecule has 2 aromatic carbocycles. The van der Waals surface area contributed by atoms with Crippen LogP contribution >= 0.6 is 0 Å². The van der Waals surface area contributed by atoms with Crippen LogP contribution in [0.4, 0.5) is 8.78 Å². The molecule has 0 fully saturated rings. The van der Waals surface area contributed by atoms with Crippen molar-refractivity contribution in [1.82, 2.24) is 4.98 Å². The van der Waals surface area contributed by atoms with Gasteiger partial charge in [-0.05, 0) is 30.3 Å². The third kappa shape index (κ3) is 5.01. The Morgan fingerprint density at radius 3 is 2.44 bits per heavy atom. The molecule has 0 saturated carbocycles. The van der Waals surface area contributed by atoms with Gasteiger partial charge in [-0.1, -0.05) is 30.3 Å². The Kier molecular flexibility index (Phi) is 5.94. The maximum Gasteiger partial charge on any atom is 0.387 e. The summed E-state index contributed by atoms with van der Waals surface area (Å²) < 4.78 is 40.3. The Labute approximate surface area is 154 Å². The molecular formula is C20H15F2NO4. The molecule has 0 unspecified atom stereocenters. The Hall–Kier alpha value is -3.48. The summed E-state index contributed by atoms with van der Waals surface area (Å²) >= 11 is 0. The molecule has 0 amide bonds. The number of ether oxygens (including phenoxy) is 3. The summed E-state index contributed by atoms with van der Waals surface area (Å²) in [4.78, 5) is 16.3. The highest BCUT2D eigenvalue weighted by Crippen LogP contribution is 2.26. The van der Waals surface area contributed by atoms with E-state index in [0.29, 0.717) is 17.1 Å². The molecule has 0 bridgehead atoms. The molecule has 3 rings (SSSR count). The van der Waals surface area contributed by atoms with E-state index in [2.05, 4.69) is 9.72 Å². The molecule has 0 radical (unpaired) electrons. The second kappa shape index (κ2) is 8.75. The molecule has 1 aromatic heterocycles. The highest BCUT2D eigenvalue weighted by molar-refractivity contribution is 5.92. The van der Waals surface area contributed by atoms with Gasteiger partial charge in [-0.15, -0.1) is 0 Å². The van der Waals surface area contributed by atoms with Crippen LogP contribution in [0.25, 0.3) is 0 Å². The van der Waals surface area contributed by atoms with Crippen molar-refractivity contribution in [3.63, 3.8) is 0 Å². The zero-order chi connectivity index (χ0) is 19.1. The van der Waals surface area contributed by atoms with Crippen LogP contribution in [0.15, 0.2) is 73.1 Å². The number of alkyl halides is 2. The van der Waals surface area contributed by atoms with E-state index in [1.165, 1.54) is 24.3 Å². The maximum absolute atomic E-state index is 12.5. The minimum atomic E-state index is -3.03. The van der Waals surface area contributed by atoms with Crippen LogP contribution in [-0.2, 0) is 11.3 Å². The van der Waals surface area contributed by atoms with Crippen LogP contribution in [0, 0.1) is 0 Å². The lowest BCUT2D eigenvalue weighted by Gasteiger charge is -2.13. The SMILES string of the molecule is O=C(OCc1ccccc1Oc1cccnc1)c1ccccc1OC(F)F. The monoisotopic (exact) mass is 371 g/mol. The van der Waals surface area contributed by atoms with E-state index in [0.717, 1.165) is 0 Å². The maximum atomic E-state index is 12.5. The second-order valence-electron chi connectivity index (χ2n) is 5.35. The lowest BCUT2D eigenvalue weighted by atomic mass is 10.2. The lowest BCUT2D eigenvalue weighted by Crippen LogP contribution is -2.10. The van der Waals surface area contributed by atoms with E-state index in [-0.39, 0.29) is 17.9 Å². The summed E-state index contributed by atoms with van der Waals surface area (Å²) in [6, 6.07) is 16.2. The molecular weight excluding hydrogens is 356 g/mol. The van der Waals surface area contributed by atoms with Crippen molar-refractivity contribution in [3.8, 4) is 17.2 Å². The van der Waals surface area contributed by atoms with Gasteiger partial charge in [-0.25, -0.2) is 4.79 Å². The number of pyridine rings is 1. The standard InChI is InChI=1S/C20H15F2NO4/c21-20(22)27-18-10-4-2-8-16(18)19(24)25-13-14-6-1-3-9-17(14)26-15-7-5-11-23-12-15/h1-12,20H,13H2. The van der Waals surface area contributed by atoms with Crippen molar-refractivity contribution < 1.29 is 27.8 Å². The summed E-state index contributed by atoms with van der Waals surface area (Å²) in [5.74, 6) is 0.0159. The number of benzene rings is 2. The van der Waals surface area contributed by atoms with Gasteiger partial charge >= 0.3 is 12.6 Å². The van der Waals surface area contributed by atoms with Gasteiger partial charge in [-0.2, -0.15) is 8.78 Å². The molecule has 0 aliphatic carbocycles. The number of aromatic nitrogens is 1. The van der Waals surface area contributed by atoms with Crippen LogP contribution in [0.1, 0.15) is 15.9 Å². The van der Waals surface area contributed by atoms with Gasteiger partial charge in [0.05, 0.1) is 6.20 Å². The van der Waals surface area contributed by atoms with Gasteiger partial charge < -0.3 is 14.2 Å². The summed E-state index contributed by atoms with van der Waals surface area (Å²) in [7, 11) is 0. The number of para-hydroxylation sites is 2. The van der Waals surface area contributed by atoms with Crippen molar-refractivity contribution in [2.45, 2.75) is 13.2 Å². The van der Waals surface area contributed by atoms with E-state index in [1.54, 1.807) is 48.8 Å². The largest absolute Gasteiger partial charge is 0.457 e. The fourth-order valence-electron chi connectivity index (χ4n) is 2.31. The summed E-state index contributed by atoms with van der Waals surface area (Å²) in [5.41, 5.74) is 0.533. The Morgan fingerprint density at radius 1 is 0.963 bits per heavy atom. The number of rotatable bonds is 7. The van der Waals surface area contributed by atoms with Crippen LogP contribution in [0.3, 0.4) is 0 Å². The lowest BCUT2D eigenvalue weighted by molar-refractivity contribution is -0.0504. The van der Waals surface area contributed by atoms with Gasteiger partial charge in [0.1, 0.15) is 29.4 Å². The number of esters is 1. The van der Waals surface area contributed by atoms with Crippen molar-refractivity contribution >= 4 is 5.97 Å². The molecule has 138 valence electrons. The second-order valence-corrected chi connectivity index (χ2v) is 5.35. The third-order valence-electron chi connectivity index (χ3n) is 3.52. The Bertz CT molecular complexity index is 903.